The minimum Gasteiger partial charge on any atom is -0.446 e. The molecule has 1 saturated heterocycles. The summed E-state index contributed by atoms with van der Waals surface area (Å²) in [5.74, 6) is -0.664. The molecule has 8 rings (SSSR count). The molecule has 1 saturated carbocycles. The largest absolute Gasteiger partial charge is 0.446 e. The predicted octanol–water partition coefficient (Wildman–Crippen LogP) is 6.04. The Balaban J connectivity index is 0.909. The Morgan fingerprint density at radius 1 is 0.894 bits per heavy atom. The van der Waals surface area contributed by atoms with Gasteiger partial charge in [0.1, 0.15) is 11.9 Å². The number of aromatic nitrogens is 2. The van der Waals surface area contributed by atoms with Gasteiger partial charge in [0.25, 0.3) is 11.5 Å². The summed E-state index contributed by atoms with van der Waals surface area (Å²) in [5.41, 5.74) is 5.85. The molecule has 4 aromatic carbocycles. The third kappa shape index (κ3) is 5.45. The summed E-state index contributed by atoms with van der Waals surface area (Å²) in [5, 5.41) is 11.0. The highest BCUT2D eigenvalue weighted by Crippen LogP contribution is 2.44. The highest BCUT2D eigenvalue weighted by Gasteiger charge is 2.46. The van der Waals surface area contributed by atoms with Gasteiger partial charge in [-0.3, -0.25) is 9.59 Å². The number of nitrogens with one attached hydrogen (secondary N) is 2. The van der Waals surface area contributed by atoms with E-state index >= 15 is 0 Å². The number of alkyl carbamates (subject to hydrolysis) is 1. The first-order valence-corrected chi connectivity index (χ1v) is 16.1. The van der Waals surface area contributed by atoms with Crippen LogP contribution in [0.25, 0.3) is 21.9 Å². The summed E-state index contributed by atoms with van der Waals surface area (Å²) in [4.78, 5) is 40.3. The number of rotatable bonds is 8. The normalized spacial score (nSPS) is 16.3. The van der Waals surface area contributed by atoms with Crippen LogP contribution in [-0.2, 0) is 11.2 Å². The van der Waals surface area contributed by atoms with Crippen LogP contribution in [-0.4, -0.2) is 52.8 Å². The average molecular weight is 629 g/mol. The van der Waals surface area contributed by atoms with E-state index in [1.807, 2.05) is 36.4 Å². The first-order chi connectivity index (χ1) is 22.9. The fourth-order valence-electron chi connectivity index (χ4n) is 7.23. The van der Waals surface area contributed by atoms with E-state index in [9.17, 15) is 18.8 Å². The molecule has 0 radical (unpaired) electrons. The number of ether oxygens (including phenoxy) is 1. The number of nitrogens with zero attached hydrogens (tertiary/aromatic N) is 2. The first kappa shape index (κ1) is 29.1. The van der Waals surface area contributed by atoms with Gasteiger partial charge in [-0.15, -0.1) is 0 Å². The molecule has 0 bridgehead atoms. The summed E-state index contributed by atoms with van der Waals surface area (Å²) in [6.07, 6.45) is 1.55. The lowest BCUT2D eigenvalue weighted by molar-refractivity contribution is -0.0176. The lowest BCUT2D eigenvalue weighted by atomic mass is 9.89. The number of carbonyl (C=O) groups is 2. The maximum atomic E-state index is 15.0. The minimum atomic E-state index is -0.592. The van der Waals surface area contributed by atoms with Crippen LogP contribution in [0.15, 0.2) is 95.8 Å². The van der Waals surface area contributed by atoms with Crippen LogP contribution in [0.1, 0.15) is 51.5 Å². The van der Waals surface area contributed by atoms with Crippen molar-refractivity contribution in [2.75, 3.05) is 19.6 Å². The van der Waals surface area contributed by atoms with E-state index in [1.54, 1.807) is 29.2 Å². The lowest BCUT2D eigenvalue weighted by Gasteiger charge is -2.43. The standard InChI is InChI=1S/C38H33FN4O4/c39-33-16-13-22(18-34-29-11-5-6-12-30(29)36(44)42-41-34)17-31(33)37(45)43-20-24(21-43)35(23-14-15-23)47-38(46)40-19-32-27-9-3-1-7-25(27)26-8-2-4-10-28(26)32/h1-13,16-17,23-24,32,35H,14-15,18-21H2,(H,40,46)(H,42,44). The molecule has 2 N–H and O–H groups in total. The topological polar surface area (TPSA) is 104 Å². The van der Waals surface area contributed by atoms with E-state index in [4.69, 9.17) is 4.74 Å². The zero-order valence-corrected chi connectivity index (χ0v) is 25.6. The van der Waals surface area contributed by atoms with E-state index in [0.717, 1.165) is 12.8 Å². The summed E-state index contributed by atoms with van der Waals surface area (Å²) >= 11 is 0. The third-order valence-electron chi connectivity index (χ3n) is 9.81. The van der Waals surface area contributed by atoms with Crippen molar-refractivity contribution in [1.29, 1.82) is 0 Å². The average Bonchev–Trinajstić information content (AvgIpc) is 3.87. The number of hydrogen-bond acceptors (Lipinski definition) is 5. The quantitative estimate of drug-likeness (QED) is 0.218. The number of fused-ring (bicyclic) bond motifs is 4. The van der Waals surface area contributed by atoms with Crippen LogP contribution in [0.5, 0.6) is 0 Å². The Labute approximate surface area is 270 Å². The van der Waals surface area contributed by atoms with Crippen molar-refractivity contribution in [1.82, 2.24) is 20.4 Å². The molecule has 1 aromatic heterocycles. The number of H-pyrrole nitrogens is 1. The molecule has 2 amide bonds. The maximum absolute atomic E-state index is 15.0. The number of carbonyl (C=O) groups excluding carboxylic acids is 2. The van der Waals surface area contributed by atoms with Crippen LogP contribution >= 0.6 is 0 Å². The molecule has 5 aromatic rings. The molecule has 1 atom stereocenters. The number of halogens is 1. The molecular formula is C38H33FN4O4. The molecule has 236 valence electrons. The van der Waals surface area contributed by atoms with Crippen molar-refractivity contribution in [3.63, 3.8) is 0 Å². The van der Waals surface area contributed by atoms with Crippen LogP contribution in [0, 0.1) is 17.7 Å². The fourth-order valence-corrected chi connectivity index (χ4v) is 7.23. The van der Waals surface area contributed by atoms with Crippen LogP contribution in [0.2, 0.25) is 0 Å². The van der Waals surface area contributed by atoms with Gasteiger partial charge in [0.15, 0.2) is 0 Å². The molecule has 2 fully saturated rings. The Hall–Kier alpha value is -5.31. The number of likely N-dealkylation sites (tertiary alicyclic amines) is 1. The first-order valence-electron chi connectivity index (χ1n) is 16.1. The SMILES string of the molecule is O=C(NCC1c2ccccc2-c2ccccc21)OC(C1CC1)C1CN(C(=O)c2cc(Cc3n[nH]c(=O)c4ccccc34)ccc2F)C1. The Morgan fingerprint density at radius 2 is 1.55 bits per heavy atom. The number of hydrogen-bond donors (Lipinski definition) is 2. The molecule has 2 heterocycles. The second kappa shape index (κ2) is 11.8. The van der Waals surface area contributed by atoms with Gasteiger partial charge in [-0.1, -0.05) is 72.8 Å². The molecule has 1 aliphatic heterocycles. The van der Waals surface area contributed by atoms with E-state index in [-0.39, 0.29) is 35.0 Å². The fraction of sp³-hybridized carbons (Fsp3) is 0.263. The second-order valence-electron chi connectivity index (χ2n) is 12.8. The van der Waals surface area contributed by atoms with Crippen molar-refractivity contribution >= 4 is 22.8 Å². The number of amides is 2. The summed E-state index contributed by atoms with van der Waals surface area (Å²) < 4.78 is 21.0. The summed E-state index contributed by atoms with van der Waals surface area (Å²) in [6, 6.07) is 28.3. The highest BCUT2D eigenvalue weighted by molar-refractivity contribution is 5.95. The van der Waals surface area contributed by atoms with Crippen molar-refractivity contribution in [2.24, 2.45) is 11.8 Å². The van der Waals surface area contributed by atoms with Gasteiger partial charge in [-0.25, -0.2) is 14.3 Å². The van der Waals surface area contributed by atoms with Crippen molar-refractivity contribution in [2.45, 2.75) is 31.3 Å². The van der Waals surface area contributed by atoms with Crippen LogP contribution in [0.3, 0.4) is 0 Å². The molecule has 3 aliphatic rings. The van der Waals surface area contributed by atoms with E-state index in [1.165, 1.54) is 28.3 Å². The van der Waals surface area contributed by atoms with Gasteiger partial charge in [0.05, 0.1) is 16.6 Å². The molecule has 47 heavy (non-hydrogen) atoms. The van der Waals surface area contributed by atoms with Crippen molar-refractivity contribution < 1.29 is 18.7 Å². The highest BCUT2D eigenvalue weighted by atomic mass is 19.1. The Bertz CT molecular complexity index is 2040. The van der Waals surface area contributed by atoms with Crippen LogP contribution < -0.4 is 10.9 Å². The molecular weight excluding hydrogens is 595 g/mol. The minimum absolute atomic E-state index is 0.00607. The number of aromatic amines is 1. The molecule has 1 unspecified atom stereocenters. The Kier molecular flexibility index (Phi) is 7.31. The van der Waals surface area contributed by atoms with Gasteiger partial charge < -0.3 is 15.0 Å². The molecule has 9 heteroatoms. The van der Waals surface area contributed by atoms with Crippen molar-refractivity contribution in [3.8, 4) is 11.1 Å². The zero-order chi connectivity index (χ0) is 32.1. The zero-order valence-electron chi connectivity index (χ0n) is 25.6. The monoisotopic (exact) mass is 628 g/mol. The van der Waals surface area contributed by atoms with Crippen molar-refractivity contribution in [3.05, 3.63) is 135 Å². The maximum Gasteiger partial charge on any atom is 0.407 e. The van der Waals surface area contributed by atoms with Gasteiger partial charge in [0.2, 0.25) is 0 Å². The number of benzene rings is 4. The third-order valence-corrected chi connectivity index (χ3v) is 9.81. The van der Waals surface area contributed by atoms with Crippen LogP contribution in [0.4, 0.5) is 9.18 Å². The van der Waals surface area contributed by atoms with E-state index < -0.39 is 17.8 Å². The molecule has 2 aliphatic carbocycles. The van der Waals surface area contributed by atoms with Gasteiger partial charge in [-0.2, -0.15) is 5.10 Å². The van der Waals surface area contributed by atoms with Gasteiger partial charge in [-0.05, 0) is 64.8 Å². The summed E-state index contributed by atoms with van der Waals surface area (Å²) in [7, 11) is 0. The predicted molar refractivity (Wildman–Crippen MR) is 176 cm³/mol. The lowest BCUT2D eigenvalue weighted by Crippen LogP contribution is -2.56. The second-order valence-corrected chi connectivity index (χ2v) is 12.8. The molecule has 8 nitrogen and oxygen atoms in total. The van der Waals surface area contributed by atoms with E-state index in [0.29, 0.717) is 48.1 Å². The van der Waals surface area contributed by atoms with Gasteiger partial charge >= 0.3 is 6.09 Å². The Morgan fingerprint density at radius 3 is 2.26 bits per heavy atom. The van der Waals surface area contributed by atoms with Gasteiger partial charge in [0, 0.05) is 43.3 Å². The molecule has 0 spiro atoms. The van der Waals surface area contributed by atoms with E-state index in [2.05, 4.69) is 39.8 Å². The smallest absolute Gasteiger partial charge is 0.407 e. The summed E-state index contributed by atoms with van der Waals surface area (Å²) in [6.45, 7) is 1.22.